The van der Waals surface area contributed by atoms with Crippen LogP contribution in [0.15, 0.2) is 12.3 Å². The fourth-order valence-electron chi connectivity index (χ4n) is 1.48. The molecule has 0 saturated carbocycles. The van der Waals surface area contributed by atoms with Crippen molar-refractivity contribution in [1.29, 1.82) is 0 Å². The van der Waals surface area contributed by atoms with Crippen LogP contribution < -0.4 is 0 Å². The smallest absolute Gasteiger partial charge is 0.325 e. The number of hydrogen-bond donors (Lipinski definition) is 0. The van der Waals surface area contributed by atoms with Crippen LogP contribution in [0.3, 0.4) is 0 Å². The van der Waals surface area contributed by atoms with Crippen molar-refractivity contribution in [2.45, 2.75) is 47.0 Å². The molecule has 1 aromatic rings. The molecule has 0 spiro atoms. The van der Waals surface area contributed by atoms with E-state index in [1.54, 1.807) is 18.1 Å². The van der Waals surface area contributed by atoms with E-state index in [2.05, 4.69) is 25.9 Å². The molecule has 0 aliphatic heterocycles. The Hall–Kier alpha value is -1.17. The third kappa shape index (κ3) is 6.42. The summed E-state index contributed by atoms with van der Waals surface area (Å²) in [4.78, 5) is 13.7. The molecule has 0 radical (unpaired) electrons. The summed E-state index contributed by atoms with van der Waals surface area (Å²) >= 11 is 0. The lowest BCUT2D eigenvalue weighted by Gasteiger charge is -2.17. The summed E-state index contributed by atoms with van der Waals surface area (Å²) < 4.78 is 12.7. The maximum Gasteiger partial charge on any atom is 0.344 e. The minimum absolute atomic E-state index is 0.0756. The summed E-state index contributed by atoms with van der Waals surface area (Å²) in [6, 6.07) is 1.67. The van der Waals surface area contributed by atoms with E-state index < -0.39 is 10.8 Å². The second kappa shape index (κ2) is 8.97. The Morgan fingerprint density at radius 2 is 1.95 bits per heavy atom. The van der Waals surface area contributed by atoms with Crippen molar-refractivity contribution in [2.75, 3.05) is 25.1 Å². The highest BCUT2D eigenvalue weighted by Gasteiger charge is 2.19. The number of hydrogen-bond acceptors (Lipinski definition) is 3. The third-order valence-corrected chi connectivity index (χ3v) is 4.14. The summed E-state index contributed by atoms with van der Waals surface area (Å²) in [5.74, 6) is 1.13. The van der Waals surface area contributed by atoms with Crippen LogP contribution in [0.5, 0.6) is 0 Å². The van der Waals surface area contributed by atoms with Crippen molar-refractivity contribution < 1.29 is 9.00 Å². The van der Waals surface area contributed by atoms with Gasteiger partial charge in [-0.2, -0.15) is 9.78 Å². The highest BCUT2D eigenvalue weighted by Crippen LogP contribution is 2.19. The Labute approximate surface area is 131 Å². The number of aromatic nitrogens is 2. The minimum Gasteiger partial charge on any atom is -0.325 e. The van der Waals surface area contributed by atoms with Gasteiger partial charge in [-0.05, 0) is 6.07 Å². The number of carbonyl (C=O) groups is 1. The lowest BCUT2D eigenvalue weighted by molar-refractivity contribution is 0.209. The number of nitrogens with zero attached hydrogens (tertiary/aromatic N) is 3. The van der Waals surface area contributed by atoms with Crippen LogP contribution in [0.2, 0.25) is 0 Å². The second-order valence-corrected chi connectivity index (χ2v) is 7.40. The molecule has 1 amide bonds. The van der Waals surface area contributed by atoms with Crippen molar-refractivity contribution in [3.05, 3.63) is 18.0 Å². The molecule has 1 aromatic heterocycles. The highest BCUT2D eigenvalue weighted by molar-refractivity contribution is 7.84. The van der Waals surface area contributed by atoms with Crippen LogP contribution in [0.1, 0.15) is 47.2 Å². The molecule has 0 fully saturated rings. The first kappa shape index (κ1) is 19.8. The summed E-state index contributed by atoms with van der Waals surface area (Å²) in [6.07, 6.45) is 1.68. The minimum atomic E-state index is -0.853. The van der Waals surface area contributed by atoms with Gasteiger partial charge in [-0.25, -0.2) is 4.79 Å². The Bertz CT molecular complexity index is 464. The molecule has 1 rings (SSSR count). The zero-order valence-electron chi connectivity index (χ0n) is 14.3. The first-order valence-corrected chi connectivity index (χ1v) is 8.91. The molecule has 21 heavy (non-hydrogen) atoms. The summed E-state index contributed by atoms with van der Waals surface area (Å²) in [6.45, 7) is 12.5. The van der Waals surface area contributed by atoms with Crippen LogP contribution in [0.25, 0.3) is 0 Å². The van der Waals surface area contributed by atoms with Crippen molar-refractivity contribution in [1.82, 2.24) is 14.7 Å². The first-order valence-electron chi connectivity index (χ1n) is 7.42. The lowest BCUT2D eigenvalue weighted by atomic mass is 9.93. The molecule has 0 aliphatic rings. The first-order chi connectivity index (χ1) is 9.75. The largest absolute Gasteiger partial charge is 0.344 e. The zero-order chi connectivity index (χ0) is 16.6. The van der Waals surface area contributed by atoms with Gasteiger partial charge in [0.2, 0.25) is 0 Å². The SMILES string of the molecule is CC.CCS(=O)CCN(C)C(=O)n1ccc(C(C)(C)C)n1. The normalized spacial score (nSPS) is 12.3. The summed E-state index contributed by atoms with van der Waals surface area (Å²) in [5.41, 5.74) is 0.805. The summed E-state index contributed by atoms with van der Waals surface area (Å²) in [5, 5.41) is 4.30. The van der Waals surface area contributed by atoms with E-state index in [-0.39, 0.29) is 11.4 Å². The standard InChI is InChI=1S/C13H23N3O2S.C2H6/c1-6-19(18)10-9-15(5)12(17)16-8-7-11(14-16)13(2,3)4;1-2/h7-8H,6,9-10H2,1-5H3;1-2H3. The van der Waals surface area contributed by atoms with Crippen LogP contribution in [-0.4, -0.2) is 50.0 Å². The van der Waals surface area contributed by atoms with E-state index in [0.29, 0.717) is 18.1 Å². The molecule has 5 nitrogen and oxygen atoms in total. The molecule has 0 aromatic carbocycles. The zero-order valence-corrected chi connectivity index (χ0v) is 15.2. The van der Waals surface area contributed by atoms with Gasteiger partial charge in [0.05, 0.1) is 5.69 Å². The average molecular weight is 315 g/mol. The van der Waals surface area contributed by atoms with E-state index in [1.165, 1.54) is 4.68 Å². The highest BCUT2D eigenvalue weighted by atomic mass is 32.2. The van der Waals surface area contributed by atoms with E-state index in [9.17, 15) is 9.00 Å². The number of carbonyl (C=O) groups excluding carboxylic acids is 1. The van der Waals surface area contributed by atoms with Crippen LogP contribution >= 0.6 is 0 Å². The Balaban J connectivity index is 0.00000191. The summed E-state index contributed by atoms with van der Waals surface area (Å²) in [7, 11) is 0.849. The second-order valence-electron chi connectivity index (χ2n) is 5.53. The maximum absolute atomic E-state index is 12.1. The van der Waals surface area contributed by atoms with Crippen molar-refractivity contribution >= 4 is 16.8 Å². The monoisotopic (exact) mass is 315 g/mol. The molecule has 0 bridgehead atoms. The van der Waals surface area contributed by atoms with Gasteiger partial charge < -0.3 is 4.90 Å². The molecule has 1 atom stereocenters. The fraction of sp³-hybridized carbons (Fsp3) is 0.733. The van der Waals surface area contributed by atoms with Gasteiger partial charge in [0.25, 0.3) is 0 Å². The van der Waals surface area contributed by atoms with E-state index in [4.69, 9.17) is 0 Å². The third-order valence-electron chi connectivity index (χ3n) is 2.86. The molecular formula is C15H29N3O2S. The van der Waals surface area contributed by atoms with E-state index in [0.717, 1.165) is 5.69 Å². The van der Waals surface area contributed by atoms with E-state index >= 15 is 0 Å². The Morgan fingerprint density at radius 3 is 2.38 bits per heavy atom. The lowest BCUT2D eigenvalue weighted by Crippen LogP contribution is -2.34. The Kier molecular flexibility index (Phi) is 8.47. The average Bonchev–Trinajstić information content (AvgIpc) is 2.95. The van der Waals surface area contributed by atoms with Gasteiger partial charge in [-0.3, -0.25) is 4.21 Å². The van der Waals surface area contributed by atoms with Gasteiger partial charge in [0.1, 0.15) is 0 Å². The van der Waals surface area contributed by atoms with Gasteiger partial charge in [-0.15, -0.1) is 0 Å². The van der Waals surface area contributed by atoms with Gasteiger partial charge in [-0.1, -0.05) is 41.5 Å². The molecule has 1 heterocycles. The van der Waals surface area contributed by atoms with Crippen molar-refractivity contribution in [3.8, 4) is 0 Å². The van der Waals surface area contributed by atoms with Crippen LogP contribution in [0.4, 0.5) is 4.79 Å². The predicted molar refractivity (Wildman–Crippen MR) is 89.2 cm³/mol. The van der Waals surface area contributed by atoms with Crippen molar-refractivity contribution in [3.63, 3.8) is 0 Å². The molecule has 1 unspecified atom stereocenters. The van der Waals surface area contributed by atoms with Gasteiger partial charge >= 0.3 is 6.03 Å². The van der Waals surface area contributed by atoms with Crippen LogP contribution in [0, 0.1) is 0 Å². The number of rotatable bonds is 4. The Morgan fingerprint density at radius 1 is 1.38 bits per heavy atom. The van der Waals surface area contributed by atoms with Crippen LogP contribution in [-0.2, 0) is 16.2 Å². The molecular weight excluding hydrogens is 286 g/mol. The molecule has 6 heteroatoms. The number of amides is 1. The molecule has 122 valence electrons. The van der Waals surface area contributed by atoms with Crippen molar-refractivity contribution in [2.24, 2.45) is 0 Å². The topological polar surface area (TPSA) is 55.2 Å². The molecule has 0 aliphatic carbocycles. The quantitative estimate of drug-likeness (QED) is 0.858. The predicted octanol–water partition coefficient (Wildman–Crippen LogP) is 2.88. The van der Waals surface area contributed by atoms with E-state index in [1.807, 2.05) is 26.8 Å². The fourth-order valence-corrected chi connectivity index (χ4v) is 2.25. The maximum atomic E-state index is 12.1. The van der Waals surface area contributed by atoms with Gasteiger partial charge in [0, 0.05) is 47.5 Å². The van der Waals surface area contributed by atoms with Gasteiger partial charge in [0.15, 0.2) is 0 Å². The molecule has 0 N–H and O–H groups in total. The molecule has 0 saturated heterocycles.